The summed E-state index contributed by atoms with van der Waals surface area (Å²) in [6, 6.07) is 6.48. The number of carbonyl (C=O) groups excluding carboxylic acids is 1. The molecule has 0 heterocycles. The minimum atomic E-state index is -0.984. The monoisotopic (exact) mass is 292 g/mol. The molecule has 0 aromatic heterocycles. The molecule has 1 amide bonds. The molecule has 2 N–H and O–H groups in total. The predicted molar refractivity (Wildman–Crippen MR) is 73.2 cm³/mol. The van der Waals surface area contributed by atoms with Crippen LogP contribution in [0.1, 0.15) is 19.4 Å². The number of nitriles is 1. The van der Waals surface area contributed by atoms with Gasteiger partial charge in [0.05, 0.1) is 23.1 Å². The Morgan fingerprint density at radius 3 is 2.55 bits per heavy atom. The zero-order chi connectivity index (χ0) is 15.1. The lowest BCUT2D eigenvalue weighted by Gasteiger charge is -2.08. The Morgan fingerprint density at radius 1 is 1.40 bits per heavy atom. The Morgan fingerprint density at radius 2 is 2.05 bits per heavy atom. The molecule has 0 saturated heterocycles. The smallest absolute Gasteiger partial charge is 0.307 e. The molecule has 0 radical (unpaired) electrons. The number of benzene rings is 1. The van der Waals surface area contributed by atoms with Crippen molar-refractivity contribution in [2.45, 2.75) is 13.8 Å². The number of rotatable bonds is 3. The number of carboxylic acids is 1. The highest BCUT2D eigenvalue weighted by Gasteiger charge is 2.65. The molecular weight excluding hydrogens is 280 g/mol. The van der Waals surface area contributed by atoms with Crippen LogP contribution >= 0.6 is 11.6 Å². The Bertz CT molecular complexity index is 634. The van der Waals surface area contributed by atoms with E-state index >= 15 is 0 Å². The minimum absolute atomic E-state index is 0.285. The number of aliphatic carboxylic acids is 1. The van der Waals surface area contributed by atoms with Gasteiger partial charge in [-0.1, -0.05) is 25.4 Å². The third-order valence-electron chi connectivity index (χ3n) is 3.74. The first-order chi connectivity index (χ1) is 9.28. The quantitative estimate of drug-likeness (QED) is 0.895. The standard InChI is InChI=1S/C14H13ClN2O3/c1-14(2)10(11(14)13(19)20)12(18)17-9-5-8(15)4-3-7(9)6-16/h3-5,10-11H,1-2H3,(H,17,18)(H,19,20). The molecule has 0 aliphatic heterocycles. The van der Waals surface area contributed by atoms with Crippen LogP contribution in [0.4, 0.5) is 5.69 Å². The lowest BCUT2D eigenvalue weighted by molar-refractivity contribution is -0.140. The van der Waals surface area contributed by atoms with Crippen molar-refractivity contribution in [1.29, 1.82) is 5.26 Å². The maximum absolute atomic E-state index is 12.2. The van der Waals surface area contributed by atoms with Gasteiger partial charge in [-0.05, 0) is 23.6 Å². The van der Waals surface area contributed by atoms with Gasteiger partial charge in [0.1, 0.15) is 6.07 Å². The molecule has 2 unspecified atom stereocenters. The summed E-state index contributed by atoms with van der Waals surface area (Å²) in [5.74, 6) is -2.69. The molecule has 1 saturated carbocycles. The van der Waals surface area contributed by atoms with E-state index in [2.05, 4.69) is 5.32 Å². The number of hydrogen-bond donors (Lipinski definition) is 2. The van der Waals surface area contributed by atoms with E-state index in [1.54, 1.807) is 19.9 Å². The highest BCUT2D eigenvalue weighted by molar-refractivity contribution is 6.31. The summed E-state index contributed by atoms with van der Waals surface area (Å²) in [5.41, 5.74) is 0.00584. The summed E-state index contributed by atoms with van der Waals surface area (Å²) in [6.45, 7) is 3.47. The van der Waals surface area contributed by atoms with Crippen LogP contribution in [0.15, 0.2) is 18.2 Å². The summed E-state index contributed by atoms with van der Waals surface area (Å²) in [7, 11) is 0. The first-order valence-corrected chi connectivity index (χ1v) is 6.40. The summed E-state index contributed by atoms with van der Waals surface area (Å²) >= 11 is 5.83. The Labute approximate surface area is 121 Å². The van der Waals surface area contributed by atoms with E-state index in [0.717, 1.165) is 0 Å². The van der Waals surface area contributed by atoms with Gasteiger partial charge in [0.25, 0.3) is 0 Å². The molecule has 1 aromatic rings. The first-order valence-electron chi connectivity index (χ1n) is 6.02. The van der Waals surface area contributed by atoms with Crippen molar-refractivity contribution in [2.24, 2.45) is 17.3 Å². The van der Waals surface area contributed by atoms with E-state index in [9.17, 15) is 9.59 Å². The summed E-state index contributed by atoms with van der Waals surface area (Å²) < 4.78 is 0. The van der Waals surface area contributed by atoms with Crippen LogP contribution in [0.2, 0.25) is 5.02 Å². The largest absolute Gasteiger partial charge is 0.481 e. The van der Waals surface area contributed by atoms with Gasteiger partial charge in [-0.2, -0.15) is 5.26 Å². The summed E-state index contributed by atoms with van der Waals surface area (Å²) in [5, 5.41) is 21.0. The van der Waals surface area contributed by atoms with Crippen molar-refractivity contribution in [3.05, 3.63) is 28.8 Å². The van der Waals surface area contributed by atoms with Crippen molar-refractivity contribution >= 4 is 29.2 Å². The van der Waals surface area contributed by atoms with Gasteiger partial charge in [0.2, 0.25) is 5.91 Å². The van der Waals surface area contributed by atoms with E-state index < -0.39 is 29.1 Å². The normalized spacial score (nSPS) is 22.7. The Balaban J connectivity index is 2.20. The summed E-state index contributed by atoms with van der Waals surface area (Å²) in [6.07, 6.45) is 0. The van der Waals surface area contributed by atoms with E-state index in [1.165, 1.54) is 12.1 Å². The van der Waals surface area contributed by atoms with Gasteiger partial charge < -0.3 is 10.4 Å². The molecule has 2 rings (SSSR count). The molecule has 0 bridgehead atoms. The fourth-order valence-electron chi connectivity index (χ4n) is 2.52. The zero-order valence-electron chi connectivity index (χ0n) is 11.0. The predicted octanol–water partition coefficient (Wildman–Crippen LogP) is 2.51. The van der Waals surface area contributed by atoms with Gasteiger partial charge >= 0.3 is 5.97 Å². The fourth-order valence-corrected chi connectivity index (χ4v) is 2.69. The van der Waals surface area contributed by atoms with Crippen LogP contribution in [0.25, 0.3) is 0 Å². The third kappa shape index (κ3) is 2.35. The zero-order valence-corrected chi connectivity index (χ0v) is 11.7. The number of amides is 1. The van der Waals surface area contributed by atoms with Crippen LogP contribution in [0.5, 0.6) is 0 Å². The van der Waals surface area contributed by atoms with Crippen LogP contribution in [0, 0.1) is 28.6 Å². The Kier molecular flexibility index (Phi) is 3.45. The van der Waals surface area contributed by atoms with Crippen molar-refractivity contribution in [2.75, 3.05) is 5.32 Å². The highest BCUT2D eigenvalue weighted by Crippen LogP contribution is 2.58. The lowest BCUT2D eigenvalue weighted by Crippen LogP contribution is -2.18. The average molecular weight is 293 g/mol. The molecule has 2 atom stereocenters. The van der Waals surface area contributed by atoms with Crippen LogP contribution in [0.3, 0.4) is 0 Å². The van der Waals surface area contributed by atoms with Crippen LogP contribution in [-0.4, -0.2) is 17.0 Å². The highest BCUT2D eigenvalue weighted by atomic mass is 35.5. The fraction of sp³-hybridized carbons (Fsp3) is 0.357. The van der Waals surface area contributed by atoms with Gasteiger partial charge in [-0.15, -0.1) is 0 Å². The second-order valence-electron chi connectivity index (χ2n) is 5.41. The molecule has 104 valence electrons. The van der Waals surface area contributed by atoms with Crippen LogP contribution < -0.4 is 5.32 Å². The maximum Gasteiger partial charge on any atom is 0.307 e. The summed E-state index contributed by atoms with van der Waals surface area (Å²) in [4.78, 5) is 23.2. The van der Waals surface area contributed by atoms with Crippen molar-refractivity contribution in [3.63, 3.8) is 0 Å². The number of nitrogens with zero attached hydrogens (tertiary/aromatic N) is 1. The number of hydrogen-bond acceptors (Lipinski definition) is 3. The first kappa shape index (κ1) is 14.4. The molecule has 20 heavy (non-hydrogen) atoms. The third-order valence-corrected chi connectivity index (χ3v) is 3.97. The number of carbonyl (C=O) groups is 2. The van der Waals surface area contributed by atoms with Gasteiger partial charge in [0, 0.05) is 5.02 Å². The van der Waals surface area contributed by atoms with Crippen LogP contribution in [-0.2, 0) is 9.59 Å². The van der Waals surface area contributed by atoms with Gasteiger partial charge in [0.15, 0.2) is 0 Å². The number of halogens is 1. The van der Waals surface area contributed by atoms with Crippen molar-refractivity contribution in [1.82, 2.24) is 0 Å². The molecular formula is C14H13ClN2O3. The van der Waals surface area contributed by atoms with Crippen molar-refractivity contribution < 1.29 is 14.7 Å². The minimum Gasteiger partial charge on any atom is -0.481 e. The van der Waals surface area contributed by atoms with E-state index in [0.29, 0.717) is 10.7 Å². The molecule has 1 aliphatic carbocycles. The molecule has 6 heteroatoms. The SMILES string of the molecule is CC1(C)C(C(=O)O)C1C(=O)Nc1cc(Cl)ccc1C#N. The molecule has 0 spiro atoms. The lowest BCUT2D eigenvalue weighted by atomic mass is 10.1. The van der Waals surface area contributed by atoms with E-state index in [4.69, 9.17) is 22.0 Å². The Hall–Kier alpha value is -2.06. The topological polar surface area (TPSA) is 90.2 Å². The second-order valence-corrected chi connectivity index (χ2v) is 5.84. The van der Waals surface area contributed by atoms with E-state index in [-0.39, 0.29) is 5.56 Å². The number of nitrogens with one attached hydrogen (secondary N) is 1. The average Bonchev–Trinajstić information content (AvgIpc) is 2.93. The van der Waals surface area contributed by atoms with Gasteiger partial charge in [-0.25, -0.2) is 0 Å². The number of anilines is 1. The molecule has 1 aromatic carbocycles. The van der Waals surface area contributed by atoms with Crippen molar-refractivity contribution in [3.8, 4) is 6.07 Å². The van der Waals surface area contributed by atoms with Gasteiger partial charge in [-0.3, -0.25) is 9.59 Å². The maximum atomic E-state index is 12.2. The second kappa shape index (κ2) is 4.80. The van der Waals surface area contributed by atoms with E-state index in [1.807, 2.05) is 6.07 Å². The molecule has 1 fully saturated rings. The molecule has 1 aliphatic rings. The number of carboxylic acid groups (broad SMARTS) is 1. The molecule has 5 nitrogen and oxygen atoms in total.